The first-order chi connectivity index (χ1) is 9.63. The maximum absolute atomic E-state index is 13.2. The number of anilines is 3. The highest BCUT2D eigenvalue weighted by Gasteiger charge is 2.07. The molecule has 0 radical (unpaired) electrons. The minimum Gasteiger partial charge on any atom is -0.384 e. The summed E-state index contributed by atoms with van der Waals surface area (Å²) in [5, 5.41) is 3.08. The predicted octanol–water partition coefficient (Wildman–Crippen LogP) is 3.25. The molecule has 7 heteroatoms. The zero-order chi connectivity index (χ0) is 14.1. The number of nitrogens with two attached hydrogens (primary N) is 1. The van der Waals surface area contributed by atoms with Crippen LogP contribution in [0.25, 0.3) is 11.0 Å². The summed E-state index contributed by atoms with van der Waals surface area (Å²) in [4.78, 5) is 12.5. The lowest BCUT2D eigenvalue weighted by Crippen LogP contribution is -1.99. The summed E-state index contributed by atoms with van der Waals surface area (Å²) in [6.45, 7) is 0. The lowest BCUT2D eigenvalue weighted by molar-refractivity contribution is 0.621. The quantitative estimate of drug-likeness (QED) is 0.752. The van der Waals surface area contributed by atoms with E-state index in [-0.39, 0.29) is 5.82 Å². The number of benzene rings is 1. The van der Waals surface area contributed by atoms with Gasteiger partial charge in [-0.05, 0) is 46.3 Å². The fourth-order valence-electron chi connectivity index (χ4n) is 1.76. The van der Waals surface area contributed by atoms with E-state index in [0.29, 0.717) is 32.8 Å². The Morgan fingerprint density at radius 1 is 1.15 bits per heavy atom. The van der Waals surface area contributed by atoms with Crippen molar-refractivity contribution >= 4 is 44.3 Å². The second-order valence-electron chi connectivity index (χ2n) is 4.08. The Morgan fingerprint density at radius 3 is 2.80 bits per heavy atom. The van der Waals surface area contributed by atoms with Gasteiger partial charge in [0.05, 0.1) is 9.99 Å². The molecule has 2 heterocycles. The Bertz CT molecular complexity index is 793. The molecule has 0 aliphatic rings. The number of nitrogen functional groups attached to an aromatic ring is 1. The van der Waals surface area contributed by atoms with Crippen molar-refractivity contribution in [3.63, 3.8) is 0 Å². The molecular weight excluding hydrogens is 325 g/mol. The smallest absolute Gasteiger partial charge is 0.160 e. The van der Waals surface area contributed by atoms with Gasteiger partial charge in [0.2, 0.25) is 0 Å². The van der Waals surface area contributed by atoms with Crippen LogP contribution in [0, 0.1) is 5.82 Å². The number of fused-ring (bicyclic) bond motifs is 1. The number of hydrogen-bond acceptors (Lipinski definition) is 5. The third kappa shape index (κ3) is 2.39. The Kier molecular flexibility index (Phi) is 3.19. The highest BCUT2D eigenvalue weighted by atomic mass is 79.9. The van der Waals surface area contributed by atoms with Crippen molar-refractivity contribution in [3.05, 3.63) is 46.9 Å². The van der Waals surface area contributed by atoms with E-state index in [0.717, 1.165) is 0 Å². The molecule has 0 saturated heterocycles. The summed E-state index contributed by atoms with van der Waals surface area (Å²) in [6.07, 6.45) is 1.43. The number of hydrogen-bond donors (Lipinski definition) is 2. The number of rotatable bonds is 2. The van der Waals surface area contributed by atoms with Crippen LogP contribution < -0.4 is 11.1 Å². The second-order valence-corrected chi connectivity index (χ2v) is 4.93. The van der Waals surface area contributed by atoms with E-state index in [1.165, 1.54) is 12.4 Å². The first kappa shape index (κ1) is 12.7. The third-order valence-electron chi connectivity index (χ3n) is 2.69. The molecule has 0 spiro atoms. The van der Waals surface area contributed by atoms with Gasteiger partial charge in [-0.2, -0.15) is 0 Å². The topological polar surface area (TPSA) is 76.7 Å². The summed E-state index contributed by atoms with van der Waals surface area (Å²) in [5.74, 6) is 0.571. The molecule has 0 amide bonds. The Labute approximate surface area is 122 Å². The average Bonchev–Trinajstić information content (AvgIpc) is 2.44. The molecule has 0 fully saturated rings. The fourth-order valence-corrected chi connectivity index (χ4v) is 2.14. The van der Waals surface area contributed by atoms with E-state index in [2.05, 4.69) is 36.2 Å². The molecule has 3 aromatic rings. The molecule has 2 aromatic heterocycles. The zero-order valence-electron chi connectivity index (χ0n) is 10.1. The van der Waals surface area contributed by atoms with Gasteiger partial charge in [-0.15, -0.1) is 0 Å². The predicted molar refractivity (Wildman–Crippen MR) is 79.1 cm³/mol. The summed E-state index contributed by atoms with van der Waals surface area (Å²) in [7, 11) is 0. The number of nitrogens with zero attached hydrogens (tertiary/aromatic N) is 3. The van der Waals surface area contributed by atoms with Crippen LogP contribution >= 0.6 is 15.9 Å². The van der Waals surface area contributed by atoms with Gasteiger partial charge in [-0.25, -0.2) is 19.3 Å². The fraction of sp³-hybridized carbons (Fsp3) is 0. The van der Waals surface area contributed by atoms with Gasteiger partial charge >= 0.3 is 0 Å². The lowest BCUT2D eigenvalue weighted by atomic mass is 10.3. The zero-order valence-corrected chi connectivity index (χ0v) is 11.7. The van der Waals surface area contributed by atoms with Crippen molar-refractivity contribution in [2.75, 3.05) is 11.1 Å². The van der Waals surface area contributed by atoms with Crippen molar-refractivity contribution in [1.29, 1.82) is 0 Å². The van der Waals surface area contributed by atoms with Crippen LogP contribution in [0.1, 0.15) is 0 Å². The SMILES string of the molecule is Nc1ccc2ncnc(Nc3ccc(F)c(Br)c3)c2n1. The van der Waals surface area contributed by atoms with Gasteiger partial charge in [0.1, 0.15) is 23.5 Å². The standard InChI is InChI=1S/C13H9BrFN5/c14-8-5-7(1-2-9(8)15)19-13-12-10(17-6-18-13)3-4-11(16)20-12/h1-6H,(H2,16,20)(H,17,18,19). The largest absolute Gasteiger partial charge is 0.384 e. The van der Waals surface area contributed by atoms with Crippen molar-refractivity contribution in [2.45, 2.75) is 0 Å². The molecule has 0 saturated carbocycles. The maximum Gasteiger partial charge on any atom is 0.160 e. The maximum atomic E-state index is 13.2. The molecule has 5 nitrogen and oxygen atoms in total. The van der Waals surface area contributed by atoms with Gasteiger partial charge in [-0.1, -0.05) is 0 Å². The van der Waals surface area contributed by atoms with Gasteiger partial charge in [0, 0.05) is 5.69 Å². The van der Waals surface area contributed by atoms with Crippen molar-refractivity contribution in [3.8, 4) is 0 Å². The highest BCUT2D eigenvalue weighted by Crippen LogP contribution is 2.25. The average molecular weight is 334 g/mol. The third-order valence-corrected chi connectivity index (χ3v) is 3.29. The first-order valence-electron chi connectivity index (χ1n) is 5.73. The van der Waals surface area contributed by atoms with Gasteiger partial charge in [0.25, 0.3) is 0 Å². The summed E-state index contributed by atoms with van der Waals surface area (Å²) in [5.41, 5.74) is 7.60. The number of nitrogens with one attached hydrogen (secondary N) is 1. The van der Waals surface area contributed by atoms with Crippen LogP contribution in [-0.2, 0) is 0 Å². The monoisotopic (exact) mass is 333 g/mol. The van der Waals surface area contributed by atoms with Crippen LogP contribution in [0.15, 0.2) is 41.1 Å². The Balaban J connectivity index is 2.05. The van der Waals surface area contributed by atoms with E-state index in [1.807, 2.05) is 0 Å². The van der Waals surface area contributed by atoms with E-state index in [4.69, 9.17) is 5.73 Å². The summed E-state index contributed by atoms with van der Waals surface area (Å²) in [6, 6.07) is 8.03. The number of halogens is 2. The van der Waals surface area contributed by atoms with Crippen LogP contribution in [0.4, 0.5) is 21.7 Å². The highest BCUT2D eigenvalue weighted by molar-refractivity contribution is 9.10. The van der Waals surface area contributed by atoms with Gasteiger partial charge in [0.15, 0.2) is 5.82 Å². The summed E-state index contributed by atoms with van der Waals surface area (Å²) >= 11 is 3.14. The van der Waals surface area contributed by atoms with Crippen molar-refractivity contribution in [2.24, 2.45) is 0 Å². The number of pyridine rings is 1. The van der Waals surface area contributed by atoms with Crippen LogP contribution in [0.3, 0.4) is 0 Å². The molecule has 0 unspecified atom stereocenters. The molecule has 0 aliphatic carbocycles. The van der Waals surface area contributed by atoms with Gasteiger partial charge < -0.3 is 11.1 Å². The molecular formula is C13H9BrFN5. The molecule has 0 aliphatic heterocycles. The number of aromatic nitrogens is 3. The summed E-state index contributed by atoms with van der Waals surface area (Å²) < 4.78 is 13.6. The minimum atomic E-state index is -0.328. The Hall–Kier alpha value is -2.28. The molecule has 3 rings (SSSR count). The van der Waals surface area contributed by atoms with E-state index >= 15 is 0 Å². The first-order valence-corrected chi connectivity index (χ1v) is 6.52. The Morgan fingerprint density at radius 2 is 2.00 bits per heavy atom. The van der Waals surface area contributed by atoms with E-state index in [1.54, 1.807) is 24.3 Å². The normalized spacial score (nSPS) is 10.7. The van der Waals surface area contributed by atoms with E-state index < -0.39 is 0 Å². The molecule has 3 N–H and O–H groups in total. The van der Waals surface area contributed by atoms with Gasteiger partial charge in [-0.3, -0.25) is 0 Å². The molecule has 0 atom stereocenters. The minimum absolute atomic E-state index is 0.328. The second kappa shape index (κ2) is 5.01. The lowest BCUT2D eigenvalue weighted by Gasteiger charge is -2.08. The van der Waals surface area contributed by atoms with Crippen LogP contribution in [-0.4, -0.2) is 15.0 Å². The van der Waals surface area contributed by atoms with Crippen molar-refractivity contribution in [1.82, 2.24) is 15.0 Å². The molecule has 0 bridgehead atoms. The van der Waals surface area contributed by atoms with E-state index in [9.17, 15) is 4.39 Å². The molecule has 100 valence electrons. The molecule has 20 heavy (non-hydrogen) atoms. The molecule has 1 aromatic carbocycles. The van der Waals surface area contributed by atoms with Crippen molar-refractivity contribution < 1.29 is 4.39 Å². The van der Waals surface area contributed by atoms with Crippen LogP contribution in [0.5, 0.6) is 0 Å². The van der Waals surface area contributed by atoms with Crippen LogP contribution in [0.2, 0.25) is 0 Å².